The molecule has 0 N–H and O–H groups in total. The zero-order chi connectivity index (χ0) is 10.4. The van der Waals surface area contributed by atoms with E-state index in [1.54, 1.807) is 0 Å². The number of halogens is 1. The summed E-state index contributed by atoms with van der Waals surface area (Å²) in [6.07, 6.45) is 0. The van der Waals surface area contributed by atoms with Crippen molar-refractivity contribution in [2.24, 2.45) is 0 Å². The third-order valence-electron chi connectivity index (χ3n) is 1.47. The van der Waals surface area contributed by atoms with Gasteiger partial charge in [0.15, 0.2) is 0 Å². The summed E-state index contributed by atoms with van der Waals surface area (Å²) < 4.78 is 11.2. The van der Waals surface area contributed by atoms with Crippen LogP contribution in [0.25, 0.3) is 0 Å². The molecule has 4 heteroatoms. The molecule has 0 radical (unpaired) electrons. The summed E-state index contributed by atoms with van der Waals surface area (Å²) in [6.45, 7) is 2.06. The van der Waals surface area contributed by atoms with Crippen LogP contribution in [0, 0.1) is 3.57 Å². The molecule has 0 spiro atoms. The summed E-state index contributed by atoms with van der Waals surface area (Å²) in [7, 11) is 0. The molecule has 0 aromatic heterocycles. The molecule has 0 atom stereocenters. The highest BCUT2D eigenvalue weighted by atomic mass is 127. The highest BCUT2D eigenvalue weighted by Crippen LogP contribution is 2.13. The van der Waals surface area contributed by atoms with E-state index in [4.69, 9.17) is 9.47 Å². The van der Waals surface area contributed by atoms with Crippen LogP contribution in [-0.4, -0.2) is 19.2 Å². The smallest absolute Gasteiger partial charge is 0.302 e. The molecule has 0 bridgehead atoms. The SMILES string of the molecule is CC(=O)OCCOc1ccc(I)cc1. The van der Waals surface area contributed by atoms with Gasteiger partial charge in [0.05, 0.1) is 0 Å². The highest BCUT2D eigenvalue weighted by Gasteiger charge is 1.95. The second-order valence-corrected chi connectivity index (χ2v) is 3.89. The third-order valence-corrected chi connectivity index (χ3v) is 2.19. The fourth-order valence-electron chi connectivity index (χ4n) is 0.876. The van der Waals surface area contributed by atoms with E-state index in [0.29, 0.717) is 13.2 Å². The second kappa shape index (κ2) is 5.85. The Morgan fingerprint density at radius 2 is 1.93 bits per heavy atom. The van der Waals surface area contributed by atoms with Gasteiger partial charge >= 0.3 is 5.97 Å². The molecule has 0 saturated heterocycles. The fraction of sp³-hybridized carbons (Fsp3) is 0.300. The minimum atomic E-state index is -0.281. The second-order valence-electron chi connectivity index (χ2n) is 2.64. The normalized spacial score (nSPS) is 9.57. The molecule has 0 fully saturated rings. The number of esters is 1. The predicted octanol–water partition coefficient (Wildman–Crippen LogP) is 2.23. The highest BCUT2D eigenvalue weighted by molar-refractivity contribution is 14.1. The van der Waals surface area contributed by atoms with Gasteiger partial charge in [0.2, 0.25) is 0 Å². The maximum atomic E-state index is 10.4. The average Bonchev–Trinajstić information content (AvgIpc) is 2.15. The van der Waals surface area contributed by atoms with Gasteiger partial charge in [0.1, 0.15) is 19.0 Å². The van der Waals surface area contributed by atoms with Crippen molar-refractivity contribution in [2.75, 3.05) is 13.2 Å². The van der Waals surface area contributed by atoms with Crippen molar-refractivity contribution >= 4 is 28.6 Å². The lowest BCUT2D eigenvalue weighted by Crippen LogP contribution is -2.09. The number of ether oxygens (including phenoxy) is 2. The molecular formula is C10H11IO3. The molecule has 0 aliphatic carbocycles. The lowest BCUT2D eigenvalue weighted by molar-refractivity contribution is -0.141. The van der Waals surface area contributed by atoms with Crippen molar-refractivity contribution in [1.82, 2.24) is 0 Å². The van der Waals surface area contributed by atoms with Crippen molar-refractivity contribution in [3.05, 3.63) is 27.8 Å². The minimum absolute atomic E-state index is 0.281. The van der Waals surface area contributed by atoms with Crippen molar-refractivity contribution < 1.29 is 14.3 Å². The van der Waals surface area contributed by atoms with Gasteiger partial charge in [-0.25, -0.2) is 0 Å². The van der Waals surface area contributed by atoms with E-state index >= 15 is 0 Å². The van der Waals surface area contributed by atoms with Crippen molar-refractivity contribution in [1.29, 1.82) is 0 Å². The molecule has 0 amide bonds. The van der Waals surface area contributed by atoms with Gasteiger partial charge in [-0.05, 0) is 46.9 Å². The molecule has 0 heterocycles. The number of rotatable bonds is 4. The predicted molar refractivity (Wildman–Crippen MR) is 61.3 cm³/mol. The summed E-state index contributed by atoms with van der Waals surface area (Å²) in [5.74, 6) is 0.508. The Kier molecular flexibility index (Phi) is 4.72. The average molecular weight is 306 g/mol. The van der Waals surface area contributed by atoms with Gasteiger partial charge in [-0.1, -0.05) is 0 Å². The number of carbonyl (C=O) groups is 1. The topological polar surface area (TPSA) is 35.5 Å². The third kappa shape index (κ3) is 4.45. The zero-order valence-electron chi connectivity index (χ0n) is 7.83. The van der Waals surface area contributed by atoms with Crippen LogP contribution in [0.1, 0.15) is 6.92 Å². The molecule has 0 aliphatic heterocycles. The summed E-state index contributed by atoms with van der Waals surface area (Å²) in [5.41, 5.74) is 0. The van der Waals surface area contributed by atoms with Crippen LogP contribution in [0.3, 0.4) is 0 Å². The van der Waals surface area contributed by atoms with Crippen molar-refractivity contribution in [3.63, 3.8) is 0 Å². The van der Waals surface area contributed by atoms with Gasteiger partial charge < -0.3 is 9.47 Å². The Morgan fingerprint density at radius 1 is 1.29 bits per heavy atom. The van der Waals surface area contributed by atoms with Gasteiger partial charge in [-0.15, -0.1) is 0 Å². The Labute approximate surface area is 96.5 Å². The number of hydrogen-bond acceptors (Lipinski definition) is 3. The van der Waals surface area contributed by atoms with E-state index in [9.17, 15) is 4.79 Å². The summed E-state index contributed by atoms with van der Waals surface area (Å²) in [6, 6.07) is 7.69. The van der Waals surface area contributed by atoms with E-state index in [-0.39, 0.29) is 5.97 Å². The molecular weight excluding hydrogens is 295 g/mol. The zero-order valence-corrected chi connectivity index (χ0v) is 9.98. The Hall–Kier alpha value is -0.780. The van der Waals surface area contributed by atoms with Gasteiger partial charge in [0.25, 0.3) is 0 Å². The molecule has 1 aromatic rings. The standard InChI is InChI=1S/C10H11IO3/c1-8(12)13-6-7-14-10-4-2-9(11)3-5-10/h2-5H,6-7H2,1H3. The molecule has 0 unspecified atom stereocenters. The van der Waals surface area contributed by atoms with Crippen LogP contribution < -0.4 is 4.74 Å². The fourth-order valence-corrected chi connectivity index (χ4v) is 1.24. The summed E-state index contributed by atoms with van der Waals surface area (Å²) in [4.78, 5) is 10.4. The molecule has 3 nitrogen and oxygen atoms in total. The maximum absolute atomic E-state index is 10.4. The van der Waals surface area contributed by atoms with Gasteiger partial charge in [-0.2, -0.15) is 0 Å². The van der Waals surface area contributed by atoms with Crippen LogP contribution in [0.5, 0.6) is 5.75 Å². The summed E-state index contributed by atoms with van der Waals surface area (Å²) in [5, 5.41) is 0. The van der Waals surface area contributed by atoms with Gasteiger partial charge in [0, 0.05) is 10.5 Å². The maximum Gasteiger partial charge on any atom is 0.302 e. The first-order valence-corrected chi connectivity index (χ1v) is 5.28. The van der Waals surface area contributed by atoms with E-state index < -0.39 is 0 Å². The molecule has 1 aromatic carbocycles. The van der Waals surface area contributed by atoms with Crippen LogP contribution >= 0.6 is 22.6 Å². The first-order chi connectivity index (χ1) is 6.68. The monoisotopic (exact) mass is 306 g/mol. The Balaban J connectivity index is 2.25. The van der Waals surface area contributed by atoms with E-state index in [1.807, 2.05) is 24.3 Å². The van der Waals surface area contributed by atoms with Crippen LogP contribution in [0.15, 0.2) is 24.3 Å². The minimum Gasteiger partial charge on any atom is -0.490 e. The molecule has 76 valence electrons. The number of hydrogen-bond donors (Lipinski definition) is 0. The van der Waals surface area contributed by atoms with E-state index in [1.165, 1.54) is 6.92 Å². The van der Waals surface area contributed by atoms with Crippen molar-refractivity contribution in [2.45, 2.75) is 6.92 Å². The van der Waals surface area contributed by atoms with Crippen molar-refractivity contribution in [3.8, 4) is 5.75 Å². The van der Waals surface area contributed by atoms with Crippen LogP contribution in [-0.2, 0) is 9.53 Å². The Morgan fingerprint density at radius 3 is 2.50 bits per heavy atom. The number of carbonyl (C=O) groups excluding carboxylic acids is 1. The lowest BCUT2D eigenvalue weighted by Gasteiger charge is -2.05. The molecule has 1 rings (SSSR count). The van der Waals surface area contributed by atoms with Gasteiger partial charge in [-0.3, -0.25) is 4.79 Å². The van der Waals surface area contributed by atoms with E-state index in [0.717, 1.165) is 9.32 Å². The quantitative estimate of drug-likeness (QED) is 0.486. The summed E-state index contributed by atoms with van der Waals surface area (Å²) >= 11 is 2.23. The number of benzene rings is 1. The largest absolute Gasteiger partial charge is 0.490 e. The molecule has 0 aliphatic rings. The molecule has 0 saturated carbocycles. The molecule has 14 heavy (non-hydrogen) atoms. The Bertz CT molecular complexity index is 295. The van der Waals surface area contributed by atoms with E-state index in [2.05, 4.69) is 22.6 Å². The van der Waals surface area contributed by atoms with Crippen LogP contribution in [0.4, 0.5) is 0 Å². The first kappa shape index (κ1) is 11.3. The lowest BCUT2D eigenvalue weighted by atomic mass is 10.3. The first-order valence-electron chi connectivity index (χ1n) is 4.20. The van der Waals surface area contributed by atoms with Crippen LogP contribution in [0.2, 0.25) is 0 Å².